The van der Waals surface area contributed by atoms with E-state index in [-0.39, 0.29) is 5.02 Å². The summed E-state index contributed by atoms with van der Waals surface area (Å²) in [7, 11) is 0. The number of hydrogen-bond donors (Lipinski definition) is 1. The van der Waals surface area contributed by atoms with Gasteiger partial charge in [-0.25, -0.2) is 4.39 Å². The molecular weight excluding hydrogens is 265 g/mol. The first-order valence-corrected chi connectivity index (χ1v) is 6.48. The van der Waals surface area contributed by atoms with E-state index in [4.69, 9.17) is 16.3 Å². The Balaban J connectivity index is 2.00. The van der Waals surface area contributed by atoms with Gasteiger partial charge in [0.1, 0.15) is 5.75 Å². The van der Waals surface area contributed by atoms with Crippen molar-refractivity contribution in [2.24, 2.45) is 0 Å². The molecule has 0 aliphatic heterocycles. The Morgan fingerprint density at radius 1 is 1.16 bits per heavy atom. The van der Waals surface area contributed by atoms with E-state index in [0.29, 0.717) is 18.8 Å². The monoisotopic (exact) mass is 279 g/mol. The maximum atomic E-state index is 13.7. The lowest BCUT2D eigenvalue weighted by atomic mass is 10.2. The molecule has 0 bridgehead atoms. The molecule has 0 aliphatic rings. The zero-order valence-corrected chi connectivity index (χ0v) is 11.4. The van der Waals surface area contributed by atoms with Crippen LogP contribution in [-0.4, -0.2) is 6.61 Å². The van der Waals surface area contributed by atoms with Crippen LogP contribution in [0.1, 0.15) is 12.5 Å². The molecule has 0 fully saturated rings. The minimum atomic E-state index is -0.421. The fraction of sp³-hybridized carbons (Fsp3) is 0.200. The molecule has 100 valence electrons. The van der Waals surface area contributed by atoms with Crippen molar-refractivity contribution in [2.75, 3.05) is 11.9 Å². The van der Waals surface area contributed by atoms with Crippen molar-refractivity contribution >= 4 is 17.3 Å². The molecule has 0 heterocycles. The van der Waals surface area contributed by atoms with Crippen molar-refractivity contribution in [3.8, 4) is 5.75 Å². The van der Waals surface area contributed by atoms with Gasteiger partial charge in [0, 0.05) is 6.54 Å². The third-order valence-electron chi connectivity index (χ3n) is 2.67. The highest BCUT2D eigenvalue weighted by Crippen LogP contribution is 2.22. The molecule has 2 aromatic rings. The van der Waals surface area contributed by atoms with Gasteiger partial charge in [0.05, 0.1) is 17.3 Å². The van der Waals surface area contributed by atoms with Crippen LogP contribution in [0.25, 0.3) is 0 Å². The first-order valence-electron chi connectivity index (χ1n) is 6.10. The number of hydrogen-bond acceptors (Lipinski definition) is 2. The molecule has 2 nitrogen and oxygen atoms in total. The highest BCUT2D eigenvalue weighted by atomic mass is 35.5. The first kappa shape index (κ1) is 13.7. The van der Waals surface area contributed by atoms with Gasteiger partial charge in [-0.15, -0.1) is 0 Å². The molecule has 0 unspecified atom stereocenters. The van der Waals surface area contributed by atoms with E-state index >= 15 is 0 Å². The lowest BCUT2D eigenvalue weighted by Crippen LogP contribution is -2.01. The Labute approximate surface area is 117 Å². The second-order valence-electron chi connectivity index (χ2n) is 4.03. The normalized spacial score (nSPS) is 10.3. The van der Waals surface area contributed by atoms with E-state index in [1.54, 1.807) is 12.1 Å². The van der Waals surface area contributed by atoms with Gasteiger partial charge < -0.3 is 10.1 Å². The van der Waals surface area contributed by atoms with Crippen molar-refractivity contribution < 1.29 is 9.13 Å². The van der Waals surface area contributed by atoms with Crippen LogP contribution in [0.15, 0.2) is 42.5 Å². The van der Waals surface area contributed by atoms with Crippen LogP contribution < -0.4 is 10.1 Å². The second-order valence-corrected chi connectivity index (χ2v) is 4.44. The van der Waals surface area contributed by atoms with Gasteiger partial charge >= 0.3 is 0 Å². The van der Waals surface area contributed by atoms with Crippen LogP contribution in [-0.2, 0) is 6.54 Å². The Hall–Kier alpha value is -1.74. The summed E-state index contributed by atoms with van der Waals surface area (Å²) in [5, 5.41) is 3.14. The van der Waals surface area contributed by atoms with Crippen LogP contribution in [0.2, 0.25) is 5.02 Å². The summed E-state index contributed by atoms with van der Waals surface area (Å²) in [4.78, 5) is 0. The highest BCUT2D eigenvalue weighted by molar-refractivity contribution is 6.31. The zero-order valence-electron chi connectivity index (χ0n) is 10.6. The predicted molar refractivity (Wildman–Crippen MR) is 76.3 cm³/mol. The number of benzene rings is 2. The quantitative estimate of drug-likeness (QED) is 0.871. The van der Waals surface area contributed by atoms with Crippen LogP contribution >= 0.6 is 11.6 Å². The van der Waals surface area contributed by atoms with Crippen molar-refractivity contribution in [3.63, 3.8) is 0 Å². The summed E-state index contributed by atoms with van der Waals surface area (Å²) in [6.07, 6.45) is 0. The van der Waals surface area contributed by atoms with Crippen molar-refractivity contribution in [1.29, 1.82) is 0 Å². The number of anilines is 1. The summed E-state index contributed by atoms with van der Waals surface area (Å²) in [6.45, 7) is 3.12. The summed E-state index contributed by atoms with van der Waals surface area (Å²) in [5.74, 6) is 0.412. The van der Waals surface area contributed by atoms with Gasteiger partial charge in [0.2, 0.25) is 0 Å². The molecule has 0 spiro atoms. The smallest absolute Gasteiger partial charge is 0.164 e. The highest BCUT2D eigenvalue weighted by Gasteiger charge is 2.05. The molecule has 0 saturated heterocycles. The molecule has 19 heavy (non-hydrogen) atoms. The minimum absolute atomic E-state index is 0.122. The summed E-state index contributed by atoms with van der Waals surface area (Å²) in [5.41, 5.74) is 1.45. The summed E-state index contributed by atoms with van der Waals surface area (Å²) < 4.78 is 19.0. The Kier molecular flexibility index (Phi) is 4.63. The SMILES string of the molecule is CCOc1ccc(CNc2cccc(Cl)c2F)cc1. The van der Waals surface area contributed by atoms with Gasteiger partial charge in [-0.3, -0.25) is 0 Å². The number of nitrogens with one attached hydrogen (secondary N) is 1. The molecule has 2 aromatic carbocycles. The van der Waals surface area contributed by atoms with Crippen LogP contribution in [0.3, 0.4) is 0 Å². The molecule has 0 atom stereocenters. The minimum Gasteiger partial charge on any atom is -0.494 e. The van der Waals surface area contributed by atoms with E-state index in [2.05, 4.69) is 5.32 Å². The van der Waals surface area contributed by atoms with Crippen LogP contribution in [0.5, 0.6) is 5.75 Å². The maximum Gasteiger partial charge on any atom is 0.164 e. The average molecular weight is 280 g/mol. The third-order valence-corrected chi connectivity index (χ3v) is 2.96. The van der Waals surface area contributed by atoms with Crippen molar-refractivity contribution in [1.82, 2.24) is 0 Å². The van der Waals surface area contributed by atoms with Crippen molar-refractivity contribution in [3.05, 3.63) is 58.9 Å². The fourth-order valence-corrected chi connectivity index (χ4v) is 1.88. The fourth-order valence-electron chi connectivity index (χ4n) is 1.71. The third kappa shape index (κ3) is 3.61. The number of halogens is 2. The van der Waals surface area contributed by atoms with E-state index < -0.39 is 5.82 Å². The molecule has 2 rings (SSSR count). The van der Waals surface area contributed by atoms with E-state index in [1.165, 1.54) is 6.07 Å². The Bertz CT molecular complexity index is 542. The number of ether oxygens (including phenoxy) is 1. The molecule has 0 aromatic heterocycles. The lowest BCUT2D eigenvalue weighted by molar-refractivity contribution is 0.340. The number of rotatable bonds is 5. The van der Waals surface area contributed by atoms with Crippen LogP contribution in [0.4, 0.5) is 10.1 Å². The summed E-state index contributed by atoms with van der Waals surface area (Å²) >= 11 is 5.72. The topological polar surface area (TPSA) is 21.3 Å². The standard InChI is InChI=1S/C15H15ClFNO/c1-2-19-12-8-6-11(7-9-12)10-18-14-5-3-4-13(16)15(14)17/h3-9,18H,2,10H2,1H3. The van der Waals surface area contributed by atoms with Gasteiger partial charge in [0.25, 0.3) is 0 Å². The molecule has 0 radical (unpaired) electrons. The van der Waals surface area contributed by atoms with E-state index in [1.807, 2.05) is 31.2 Å². The first-order chi connectivity index (χ1) is 9.20. The average Bonchev–Trinajstić information content (AvgIpc) is 2.42. The second kappa shape index (κ2) is 6.43. The van der Waals surface area contributed by atoms with Crippen molar-refractivity contribution in [2.45, 2.75) is 13.5 Å². The van der Waals surface area contributed by atoms with E-state index in [0.717, 1.165) is 11.3 Å². The van der Waals surface area contributed by atoms with E-state index in [9.17, 15) is 4.39 Å². The predicted octanol–water partition coefficient (Wildman–Crippen LogP) is 4.49. The molecule has 4 heteroatoms. The Morgan fingerprint density at radius 3 is 2.58 bits per heavy atom. The zero-order chi connectivity index (χ0) is 13.7. The molecule has 1 N–H and O–H groups in total. The van der Waals surface area contributed by atoms with Gasteiger partial charge in [-0.2, -0.15) is 0 Å². The molecular formula is C15H15ClFNO. The maximum absolute atomic E-state index is 13.7. The summed E-state index contributed by atoms with van der Waals surface area (Å²) in [6, 6.07) is 12.6. The molecule has 0 amide bonds. The van der Waals surface area contributed by atoms with Crippen LogP contribution in [0, 0.1) is 5.82 Å². The van der Waals surface area contributed by atoms with Gasteiger partial charge in [-0.05, 0) is 36.8 Å². The Morgan fingerprint density at radius 2 is 1.89 bits per heavy atom. The van der Waals surface area contributed by atoms with Gasteiger partial charge in [0.15, 0.2) is 5.82 Å². The largest absolute Gasteiger partial charge is 0.494 e. The lowest BCUT2D eigenvalue weighted by Gasteiger charge is -2.09. The molecule has 0 aliphatic carbocycles. The van der Waals surface area contributed by atoms with Gasteiger partial charge in [-0.1, -0.05) is 29.8 Å². The molecule has 0 saturated carbocycles.